The van der Waals surface area contributed by atoms with Gasteiger partial charge in [-0.25, -0.2) is 0 Å². The number of non-ortho nitro benzene ring substituents is 1. The van der Waals surface area contributed by atoms with E-state index >= 15 is 0 Å². The molecule has 0 saturated carbocycles. The lowest BCUT2D eigenvalue weighted by Crippen LogP contribution is -2.04. The number of rotatable bonds is 3. The number of nitro benzene ring substituents is 1. The zero-order valence-electron chi connectivity index (χ0n) is 11.9. The van der Waals surface area contributed by atoms with Crippen LogP contribution >= 0.6 is 23.2 Å². The lowest BCUT2D eigenvalue weighted by molar-refractivity contribution is -0.384. The van der Waals surface area contributed by atoms with Crippen LogP contribution in [0.2, 0.25) is 10.0 Å². The van der Waals surface area contributed by atoms with Crippen LogP contribution in [-0.4, -0.2) is 15.7 Å². The third-order valence-corrected chi connectivity index (χ3v) is 4.23. The average Bonchev–Trinajstić information content (AvgIpc) is 2.81. The molecule has 0 unspecified atom stereocenters. The molecule has 0 amide bonds. The maximum Gasteiger partial charge on any atom is 0.270 e. The summed E-state index contributed by atoms with van der Waals surface area (Å²) in [7, 11) is 0. The zero-order valence-corrected chi connectivity index (χ0v) is 13.4. The van der Waals surface area contributed by atoms with Gasteiger partial charge in [0.05, 0.1) is 26.1 Å². The third-order valence-electron chi connectivity index (χ3n) is 3.60. The average molecular weight is 349 g/mol. The van der Waals surface area contributed by atoms with Crippen molar-refractivity contribution in [1.29, 1.82) is 0 Å². The highest BCUT2D eigenvalue weighted by atomic mass is 35.5. The van der Waals surface area contributed by atoms with Gasteiger partial charge in [0.15, 0.2) is 5.78 Å². The first-order valence-electron chi connectivity index (χ1n) is 6.65. The van der Waals surface area contributed by atoms with E-state index in [0.717, 1.165) is 0 Å². The van der Waals surface area contributed by atoms with Crippen molar-refractivity contribution in [2.24, 2.45) is 0 Å². The van der Waals surface area contributed by atoms with Gasteiger partial charge in [-0.3, -0.25) is 14.9 Å². The molecule has 1 heterocycles. The Morgan fingerprint density at radius 2 is 1.78 bits per heavy atom. The van der Waals surface area contributed by atoms with Crippen LogP contribution in [0, 0.1) is 17.0 Å². The summed E-state index contributed by atoms with van der Waals surface area (Å²) in [5, 5.41) is 11.9. The Morgan fingerprint density at radius 1 is 1.13 bits per heavy atom. The number of hydrogen-bond donors (Lipinski definition) is 1. The molecule has 116 valence electrons. The van der Waals surface area contributed by atoms with E-state index in [1.165, 1.54) is 12.1 Å². The van der Waals surface area contributed by atoms with Gasteiger partial charge < -0.3 is 4.98 Å². The topological polar surface area (TPSA) is 76.0 Å². The fraction of sp³-hybridized carbons (Fsp3) is 0.0625. The van der Waals surface area contributed by atoms with E-state index in [9.17, 15) is 14.9 Å². The second kappa shape index (κ2) is 5.68. The number of aromatic nitrogens is 1. The highest BCUT2D eigenvalue weighted by Gasteiger charge is 2.23. The van der Waals surface area contributed by atoms with Crippen LogP contribution in [-0.2, 0) is 0 Å². The molecule has 23 heavy (non-hydrogen) atoms. The highest BCUT2D eigenvalue weighted by molar-refractivity contribution is 6.41. The number of carbonyl (C=O) groups excluding carboxylic acids is 1. The lowest BCUT2D eigenvalue weighted by atomic mass is 10.00. The van der Waals surface area contributed by atoms with Gasteiger partial charge in [-0.05, 0) is 25.1 Å². The number of hydrogen-bond acceptors (Lipinski definition) is 3. The standard InChI is InChI=1S/C16H10Cl2N2O3/c1-8-14(16(21)15-11(17)3-2-4-12(15)18)10-7-9(20(22)23)5-6-13(10)19-8/h2-7,19H,1H3. The number of ketones is 1. The molecule has 0 radical (unpaired) electrons. The number of fused-ring (bicyclic) bond motifs is 1. The number of aromatic amines is 1. The summed E-state index contributed by atoms with van der Waals surface area (Å²) in [4.78, 5) is 26.4. The molecule has 0 atom stereocenters. The van der Waals surface area contributed by atoms with Crippen molar-refractivity contribution in [3.8, 4) is 0 Å². The van der Waals surface area contributed by atoms with E-state index < -0.39 is 4.92 Å². The molecule has 3 rings (SSSR count). The molecule has 5 nitrogen and oxygen atoms in total. The molecule has 0 aliphatic carbocycles. The molecular weight excluding hydrogens is 339 g/mol. The molecule has 7 heteroatoms. The fourth-order valence-corrected chi connectivity index (χ4v) is 3.13. The highest BCUT2D eigenvalue weighted by Crippen LogP contribution is 2.32. The number of nitrogens with zero attached hydrogens (tertiary/aromatic N) is 1. The number of H-pyrrole nitrogens is 1. The first kappa shape index (κ1) is 15.5. The second-order valence-electron chi connectivity index (χ2n) is 5.04. The van der Waals surface area contributed by atoms with Crippen LogP contribution in [0.15, 0.2) is 36.4 Å². The summed E-state index contributed by atoms with van der Waals surface area (Å²) in [5.74, 6) is -0.371. The molecule has 0 aliphatic rings. The van der Waals surface area contributed by atoms with Gasteiger partial charge in [0, 0.05) is 28.7 Å². The summed E-state index contributed by atoms with van der Waals surface area (Å²) in [5.41, 5.74) is 1.67. The molecule has 3 aromatic rings. The van der Waals surface area contributed by atoms with Crippen LogP contribution in [0.1, 0.15) is 21.6 Å². The Morgan fingerprint density at radius 3 is 2.39 bits per heavy atom. The van der Waals surface area contributed by atoms with Gasteiger partial charge in [-0.15, -0.1) is 0 Å². The minimum Gasteiger partial charge on any atom is -0.358 e. The number of nitrogens with one attached hydrogen (secondary N) is 1. The second-order valence-corrected chi connectivity index (χ2v) is 5.85. The van der Waals surface area contributed by atoms with Gasteiger partial charge in [0.25, 0.3) is 5.69 Å². The Kier molecular flexibility index (Phi) is 3.83. The predicted octanol–water partition coefficient (Wildman–Crippen LogP) is 4.92. The monoisotopic (exact) mass is 348 g/mol. The molecule has 0 spiro atoms. The number of halogens is 2. The van der Waals surface area contributed by atoms with E-state index in [2.05, 4.69) is 4.98 Å². The summed E-state index contributed by atoms with van der Waals surface area (Å²) in [6.45, 7) is 1.73. The van der Waals surface area contributed by atoms with Gasteiger partial charge in [-0.2, -0.15) is 0 Å². The van der Waals surface area contributed by atoms with E-state index in [-0.39, 0.29) is 27.1 Å². The molecule has 0 aliphatic heterocycles. The molecule has 1 aromatic heterocycles. The van der Waals surface area contributed by atoms with Crippen LogP contribution in [0.5, 0.6) is 0 Å². The number of carbonyl (C=O) groups is 1. The number of benzene rings is 2. The summed E-state index contributed by atoms with van der Waals surface area (Å²) in [6, 6.07) is 9.13. The van der Waals surface area contributed by atoms with E-state index in [0.29, 0.717) is 22.2 Å². The fourth-order valence-electron chi connectivity index (χ4n) is 2.56. The summed E-state index contributed by atoms with van der Waals surface area (Å²) in [6.07, 6.45) is 0. The number of nitro groups is 1. The Balaban J connectivity index is 2.27. The first-order valence-corrected chi connectivity index (χ1v) is 7.41. The molecular formula is C16H10Cl2N2O3. The molecule has 0 fully saturated rings. The first-order chi connectivity index (χ1) is 10.9. The van der Waals surface area contributed by atoms with Crippen molar-refractivity contribution in [3.05, 3.63) is 73.4 Å². The quantitative estimate of drug-likeness (QED) is 0.414. The molecule has 0 bridgehead atoms. The normalized spacial score (nSPS) is 10.9. The smallest absolute Gasteiger partial charge is 0.270 e. The van der Waals surface area contributed by atoms with Gasteiger partial charge in [0.1, 0.15) is 0 Å². The minimum absolute atomic E-state index is 0.0872. The van der Waals surface area contributed by atoms with E-state index in [1.807, 2.05) is 0 Å². The lowest BCUT2D eigenvalue weighted by Gasteiger charge is -2.06. The van der Waals surface area contributed by atoms with Crippen LogP contribution in [0.4, 0.5) is 5.69 Å². The van der Waals surface area contributed by atoms with Gasteiger partial charge >= 0.3 is 0 Å². The zero-order chi connectivity index (χ0) is 16.7. The third kappa shape index (κ3) is 2.58. The summed E-state index contributed by atoms with van der Waals surface area (Å²) < 4.78 is 0. The van der Waals surface area contributed by atoms with Gasteiger partial charge in [0.2, 0.25) is 0 Å². The Hall–Kier alpha value is -2.37. The maximum absolute atomic E-state index is 12.9. The van der Waals surface area contributed by atoms with Crippen molar-refractivity contribution >= 4 is 45.6 Å². The number of aryl methyl sites for hydroxylation is 1. The van der Waals surface area contributed by atoms with Crippen molar-refractivity contribution in [3.63, 3.8) is 0 Å². The summed E-state index contributed by atoms with van der Waals surface area (Å²) >= 11 is 12.2. The Bertz CT molecular complexity index is 943. The minimum atomic E-state index is -0.501. The van der Waals surface area contributed by atoms with Crippen LogP contribution < -0.4 is 0 Å². The SMILES string of the molecule is Cc1[nH]c2ccc([N+](=O)[O-])cc2c1C(=O)c1c(Cl)cccc1Cl. The van der Waals surface area contributed by atoms with Gasteiger partial charge in [-0.1, -0.05) is 29.3 Å². The predicted molar refractivity (Wildman–Crippen MR) is 89.6 cm³/mol. The van der Waals surface area contributed by atoms with E-state index in [1.54, 1.807) is 31.2 Å². The van der Waals surface area contributed by atoms with Crippen molar-refractivity contribution in [1.82, 2.24) is 4.98 Å². The maximum atomic E-state index is 12.9. The molecule has 2 aromatic carbocycles. The molecule has 1 N–H and O–H groups in total. The van der Waals surface area contributed by atoms with Crippen LogP contribution in [0.25, 0.3) is 10.9 Å². The van der Waals surface area contributed by atoms with E-state index in [4.69, 9.17) is 23.2 Å². The largest absolute Gasteiger partial charge is 0.358 e. The van der Waals surface area contributed by atoms with Crippen molar-refractivity contribution in [2.45, 2.75) is 6.92 Å². The van der Waals surface area contributed by atoms with Crippen LogP contribution in [0.3, 0.4) is 0 Å². The molecule has 0 saturated heterocycles. The van der Waals surface area contributed by atoms with Crippen molar-refractivity contribution in [2.75, 3.05) is 0 Å². The Labute approximate surface area is 141 Å². The van der Waals surface area contributed by atoms with Crippen molar-refractivity contribution < 1.29 is 9.72 Å².